The molecule has 4 rings (SSSR count). The Balaban J connectivity index is 0.000000461. The molecule has 0 fully saturated rings. The van der Waals surface area contributed by atoms with E-state index in [0.29, 0.717) is 21.7 Å². The van der Waals surface area contributed by atoms with E-state index in [1.165, 1.54) is 0 Å². The predicted octanol–water partition coefficient (Wildman–Crippen LogP) is 7.60. The van der Waals surface area contributed by atoms with E-state index in [2.05, 4.69) is 19.2 Å². The van der Waals surface area contributed by atoms with Crippen molar-refractivity contribution >= 4 is 23.2 Å². The standard InChI is InChI=1S/C21H13Cl2NO.C4H11N/c22-17-12-6-4-10-15(17)20-19(14-8-2-1-3-9-14)24-21(25-20)16-11-5-7-13-18(16)23;1-3-5-4-2/h1-13H;5H,3-4H2,1-2H3. The van der Waals surface area contributed by atoms with E-state index in [1.54, 1.807) is 0 Å². The maximum absolute atomic E-state index is 6.39. The van der Waals surface area contributed by atoms with E-state index in [4.69, 9.17) is 32.6 Å². The van der Waals surface area contributed by atoms with Gasteiger partial charge in [-0.2, -0.15) is 0 Å². The van der Waals surface area contributed by atoms with E-state index < -0.39 is 0 Å². The minimum absolute atomic E-state index is 0.472. The fraction of sp³-hybridized carbons (Fsp3) is 0.160. The van der Waals surface area contributed by atoms with E-state index in [0.717, 1.165) is 35.5 Å². The maximum atomic E-state index is 6.39. The van der Waals surface area contributed by atoms with Gasteiger partial charge in [-0.05, 0) is 37.4 Å². The van der Waals surface area contributed by atoms with E-state index >= 15 is 0 Å². The van der Waals surface area contributed by atoms with Crippen molar-refractivity contribution in [3.8, 4) is 34.0 Å². The van der Waals surface area contributed by atoms with Gasteiger partial charge in [-0.1, -0.05) is 91.6 Å². The van der Waals surface area contributed by atoms with Gasteiger partial charge in [-0.3, -0.25) is 0 Å². The lowest BCUT2D eigenvalue weighted by Gasteiger charge is -2.03. The fourth-order valence-electron chi connectivity index (χ4n) is 2.94. The highest BCUT2D eigenvalue weighted by Gasteiger charge is 2.20. The van der Waals surface area contributed by atoms with Gasteiger partial charge in [0, 0.05) is 11.1 Å². The number of hydrogen-bond acceptors (Lipinski definition) is 3. The second-order valence-electron chi connectivity index (χ2n) is 6.48. The van der Waals surface area contributed by atoms with Gasteiger partial charge in [0.2, 0.25) is 5.89 Å². The molecule has 0 saturated carbocycles. The molecule has 0 spiro atoms. The lowest BCUT2D eigenvalue weighted by atomic mass is 10.1. The molecule has 0 atom stereocenters. The van der Waals surface area contributed by atoms with Gasteiger partial charge in [0.1, 0.15) is 5.69 Å². The number of oxazole rings is 1. The van der Waals surface area contributed by atoms with Crippen LogP contribution in [0.3, 0.4) is 0 Å². The monoisotopic (exact) mass is 438 g/mol. The van der Waals surface area contributed by atoms with Crippen LogP contribution in [0.25, 0.3) is 34.0 Å². The van der Waals surface area contributed by atoms with Crippen molar-refractivity contribution in [2.45, 2.75) is 13.8 Å². The van der Waals surface area contributed by atoms with Gasteiger partial charge in [0.05, 0.1) is 15.6 Å². The van der Waals surface area contributed by atoms with Crippen LogP contribution in [0.15, 0.2) is 83.3 Å². The lowest BCUT2D eigenvalue weighted by Crippen LogP contribution is -2.09. The quantitative estimate of drug-likeness (QED) is 0.348. The molecule has 0 aliphatic heterocycles. The summed E-state index contributed by atoms with van der Waals surface area (Å²) in [6, 6.07) is 25.0. The Hall–Kier alpha value is -2.59. The first-order chi connectivity index (χ1) is 14.7. The van der Waals surface area contributed by atoms with Crippen molar-refractivity contribution < 1.29 is 4.42 Å². The molecule has 4 aromatic rings. The van der Waals surface area contributed by atoms with Crippen LogP contribution in [-0.2, 0) is 0 Å². The average Bonchev–Trinajstić information content (AvgIpc) is 3.21. The summed E-state index contributed by atoms with van der Waals surface area (Å²) in [6.07, 6.45) is 0. The number of rotatable bonds is 5. The number of nitrogens with zero attached hydrogens (tertiary/aromatic N) is 1. The summed E-state index contributed by atoms with van der Waals surface area (Å²) in [7, 11) is 0. The largest absolute Gasteiger partial charge is 0.435 e. The minimum atomic E-state index is 0.472. The molecule has 0 amide bonds. The molecular formula is C25H24Cl2N2O. The van der Waals surface area contributed by atoms with E-state index in [9.17, 15) is 0 Å². The molecule has 1 heterocycles. The number of benzene rings is 3. The van der Waals surface area contributed by atoms with Crippen LogP contribution in [0.5, 0.6) is 0 Å². The first kappa shape index (κ1) is 22.1. The number of halogens is 2. The van der Waals surface area contributed by atoms with Crippen molar-refractivity contribution in [1.82, 2.24) is 10.3 Å². The van der Waals surface area contributed by atoms with Crippen LogP contribution in [0.4, 0.5) is 0 Å². The van der Waals surface area contributed by atoms with Crippen LogP contribution in [0, 0.1) is 0 Å². The Morgan fingerprint density at radius 3 is 1.80 bits per heavy atom. The molecule has 154 valence electrons. The van der Waals surface area contributed by atoms with Crippen molar-refractivity contribution in [3.05, 3.63) is 88.9 Å². The maximum Gasteiger partial charge on any atom is 0.228 e. The number of hydrogen-bond donors (Lipinski definition) is 1. The average molecular weight is 439 g/mol. The topological polar surface area (TPSA) is 38.1 Å². The summed E-state index contributed by atoms with van der Waals surface area (Å²) in [5.41, 5.74) is 3.25. The molecule has 0 aliphatic rings. The van der Waals surface area contributed by atoms with Gasteiger partial charge < -0.3 is 9.73 Å². The summed E-state index contributed by atoms with van der Waals surface area (Å²) >= 11 is 12.7. The molecule has 0 saturated heterocycles. The molecule has 0 bridgehead atoms. The molecule has 3 nitrogen and oxygen atoms in total. The van der Waals surface area contributed by atoms with Gasteiger partial charge in [-0.15, -0.1) is 0 Å². The fourth-order valence-corrected chi connectivity index (χ4v) is 3.38. The highest BCUT2D eigenvalue weighted by Crippen LogP contribution is 2.39. The molecule has 0 aliphatic carbocycles. The lowest BCUT2D eigenvalue weighted by molar-refractivity contribution is 0.589. The predicted molar refractivity (Wildman–Crippen MR) is 127 cm³/mol. The third-order valence-corrected chi connectivity index (χ3v) is 5.06. The van der Waals surface area contributed by atoms with Crippen molar-refractivity contribution in [2.75, 3.05) is 13.1 Å². The Morgan fingerprint density at radius 1 is 0.733 bits per heavy atom. The normalized spacial score (nSPS) is 10.4. The van der Waals surface area contributed by atoms with Crippen LogP contribution >= 0.6 is 23.2 Å². The first-order valence-corrected chi connectivity index (χ1v) is 10.7. The zero-order chi connectivity index (χ0) is 21.3. The smallest absolute Gasteiger partial charge is 0.228 e. The molecule has 1 aromatic heterocycles. The molecule has 0 unspecified atom stereocenters. The summed E-state index contributed by atoms with van der Waals surface area (Å²) in [5.74, 6) is 1.10. The number of aromatic nitrogens is 1. The second kappa shape index (κ2) is 11.0. The van der Waals surface area contributed by atoms with Crippen LogP contribution in [0.1, 0.15) is 13.8 Å². The summed E-state index contributed by atoms with van der Waals surface area (Å²) < 4.78 is 6.12. The highest BCUT2D eigenvalue weighted by atomic mass is 35.5. The molecule has 5 heteroatoms. The van der Waals surface area contributed by atoms with Gasteiger partial charge in [0.25, 0.3) is 0 Å². The molecule has 3 aromatic carbocycles. The highest BCUT2D eigenvalue weighted by molar-refractivity contribution is 6.33. The van der Waals surface area contributed by atoms with Crippen molar-refractivity contribution in [3.63, 3.8) is 0 Å². The van der Waals surface area contributed by atoms with Gasteiger partial charge in [-0.25, -0.2) is 4.98 Å². The third-order valence-electron chi connectivity index (χ3n) is 4.40. The van der Waals surface area contributed by atoms with Crippen LogP contribution in [0.2, 0.25) is 10.0 Å². The Labute approximate surface area is 187 Å². The Bertz CT molecular complexity index is 1080. The number of nitrogens with one attached hydrogen (secondary N) is 1. The first-order valence-electron chi connectivity index (χ1n) is 9.92. The SMILES string of the molecule is CCNCC.Clc1ccccc1-c1nc(-c2ccccc2)c(-c2ccccc2Cl)o1. The zero-order valence-corrected chi connectivity index (χ0v) is 18.5. The van der Waals surface area contributed by atoms with Gasteiger partial charge >= 0.3 is 0 Å². The van der Waals surface area contributed by atoms with Crippen molar-refractivity contribution in [2.24, 2.45) is 0 Å². The molecule has 30 heavy (non-hydrogen) atoms. The van der Waals surface area contributed by atoms with Crippen molar-refractivity contribution in [1.29, 1.82) is 0 Å². The zero-order valence-electron chi connectivity index (χ0n) is 17.0. The van der Waals surface area contributed by atoms with Crippen LogP contribution in [-0.4, -0.2) is 18.1 Å². The van der Waals surface area contributed by atoms with Crippen LogP contribution < -0.4 is 5.32 Å². The molecule has 0 radical (unpaired) electrons. The van der Waals surface area contributed by atoms with E-state index in [-0.39, 0.29) is 0 Å². The molecule has 1 N–H and O–H groups in total. The minimum Gasteiger partial charge on any atom is -0.435 e. The Morgan fingerprint density at radius 2 is 1.27 bits per heavy atom. The molecular weight excluding hydrogens is 415 g/mol. The summed E-state index contributed by atoms with van der Waals surface area (Å²) in [4.78, 5) is 4.72. The van der Waals surface area contributed by atoms with E-state index in [1.807, 2.05) is 78.9 Å². The Kier molecular flexibility index (Phi) is 8.09. The summed E-state index contributed by atoms with van der Waals surface area (Å²) in [5, 5.41) is 4.32. The third kappa shape index (κ3) is 5.31. The summed E-state index contributed by atoms with van der Waals surface area (Å²) in [6.45, 7) is 6.39. The second-order valence-corrected chi connectivity index (χ2v) is 7.29. The van der Waals surface area contributed by atoms with Gasteiger partial charge in [0.15, 0.2) is 5.76 Å².